The Balaban J connectivity index is 1.67. The van der Waals surface area contributed by atoms with Crippen molar-refractivity contribution < 1.29 is 13.9 Å². The summed E-state index contributed by atoms with van der Waals surface area (Å²) in [6.07, 6.45) is 1.44. The van der Waals surface area contributed by atoms with Gasteiger partial charge >= 0.3 is 0 Å². The minimum absolute atomic E-state index is 0.114. The van der Waals surface area contributed by atoms with Gasteiger partial charge in [-0.1, -0.05) is 36.4 Å². The second-order valence-electron chi connectivity index (χ2n) is 5.35. The lowest BCUT2D eigenvalue weighted by molar-refractivity contribution is -0.121. The predicted molar refractivity (Wildman–Crippen MR) is 78.6 cm³/mol. The number of ether oxygens (including phenoxy) is 1. The fourth-order valence-corrected chi connectivity index (χ4v) is 2.75. The molecule has 1 heterocycles. The molecule has 0 saturated heterocycles. The van der Waals surface area contributed by atoms with Crippen molar-refractivity contribution in [2.45, 2.75) is 25.4 Å². The maximum atomic E-state index is 12.9. The number of rotatable bonds is 4. The van der Waals surface area contributed by atoms with Crippen LogP contribution in [0.3, 0.4) is 0 Å². The Bertz CT molecular complexity index is 634. The number of benzene rings is 2. The van der Waals surface area contributed by atoms with E-state index < -0.39 is 0 Å². The molecule has 2 aromatic carbocycles. The van der Waals surface area contributed by atoms with Gasteiger partial charge in [0.05, 0.1) is 12.7 Å². The number of hydrogen-bond donors (Lipinski definition) is 0. The lowest BCUT2D eigenvalue weighted by Gasteiger charge is -2.25. The molecule has 0 fully saturated rings. The monoisotopic (exact) mass is 284 g/mol. The predicted octanol–water partition coefficient (Wildman–Crippen LogP) is 3.64. The third-order valence-electron chi connectivity index (χ3n) is 3.82. The van der Waals surface area contributed by atoms with Gasteiger partial charge < -0.3 is 4.74 Å². The van der Waals surface area contributed by atoms with Gasteiger partial charge in [-0.3, -0.25) is 4.79 Å². The van der Waals surface area contributed by atoms with Crippen molar-refractivity contribution in [1.82, 2.24) is 0 Å². The normalized spacial score (nSPS) is 17.3. The average Bonchev–Trinajstić information content (AvgIpc) is 2.50. The minimum atomic E-state index is -0.282. The minimum Gasteiger partial charge on any atom is -0.373 e. The number of carbonyl (C=O) groups is 1. The Morgan fingerprint density at radius 1 is 1.14 bits per heavy atom. The standard InChI is InChI=1S/C18H17FO2/c19-15-7-5-13(6-8-15)11-16(20)12-18-17-4-2-1-3-14(17)9-10-21-18/h1-8,18H,9-12H2. The highest BCUT2D eigenvalue weighted by molar-refractivity contribution is 5.81. The molecular weight excluding hydrogens is 267 g/mol. The molecule has 1 unspecified atom stereocenters. The number of hydrogen-bond acceptors (Lipinski definition) is 2. The fourth-order valence-electron chi connectivity index (χ4n) is 2.75. The van der Waals surface area contributed by atoms with Crippen LogP contribution < -0.4 is 0 Å². The quantitative estimate of drug-likeness (QED) is 0.856. The van der Waals surface area contributed by atoms with Gasteiger partial charge in [0.25, 0.3) is 0 Å². The molecule has 0 aromatic heterocycles. The van der Waals surface area contributed by atoms with Gasteiger partial charge in [-0.05, 0) is 35.2 Å². The highest BCUT2D eigenvalue weighted by Gasteiger charge is 2.22. The molecule has 2 nitrogen and oxygen atoms in total. The summed E-state index contributed by atoms with van der Waals surface area (Å²) in [4.78, 5) is 12.2. The first-order valence-electron chi connectivity index (χ1n) is 7.18. The van der Waals surface area contributed by atoms with Crippen LogP contribution in [-0.2, 0) is 22.4 Å². The first-order chi connectivity index (χ1) is 10.2. The van der Waals surface area contributed by atoms with Gasteiger partial charge in [-0.2, -0.15) is 0 Å². The van der Waals surface area contributed by atoms with Crippen LogP contribution in [0.2, 0.25) is 0 Å². The summed E-state index contributed by atoms with van der Waals surface area (Å²) < 4.78 is 18.6. The molecule has 108 valence electrons. The zero-order valence-electron chi connectivity index (χ0n) is 11.7. The summed E-state index contributed by atoms with van der Waals surface area (Å²) >= 11 is 0. The molecule has 21 heavy (non-hydrogen) atoms. The van der Waals surface area contributed by atoms with E-state index in [1.807, 2.05) is 18.2 Å². The Morgan fingerprint density at radius 2 is 1.90 bits per heavy atom. The number of halogens is 1. The van der Waals surface area contributed by atoms with E-state index in [0.29, 0.717) is 19.4 Å². The van der Waals surface area contributed by atoms with Crippen LogP contribution in [-0.4, -0.2) is 12.4 Å². The SMILES string of the molecule is O=C(Cc1ccc(F)cc1)CC1OCCc2ccccc21. The highest BCUT2D eigenvalue weighted by atomic mass is 19.1. The summed E-state index contributed by atoms with van der Waals surface area (Å²) in [7, 11) is 0. The van der Waals surface area contributed by atoms with Gasteiger partial charge in [0.1, 0.15) is 11.6 Å². The first-order valence-corrected chi connectivity index (χ1v) is 7.18. The molecule has 0 bridgehead atoms. The third kappa shape index (κ3) is 3.37. The summed E-state index contributed by atoms with van der Waals surface area (Å²) in [6, 6.07) is 14.2. The molecular formula is C18H17FO2. The fraction of sp³-hybridized carbons (Fsp3) is 0.278. The summed E-state index contributed by atoms with van der Waals surface area (Å²) in [5, 5.41) is 0. The van der Waals surface area contributed by atoms with E-state index >= 15 is 0 Å². The molecule has 0 radical (unpaired) electrons. The van der Waals surface area contributed by atoms with Crippen LogP contribution in [0.1, 0.15) is 29.2 Å². The zero-order valence-corrected chi connectivity index (χ0v) is 11.7. The second kappa shape index (κ2) is 6.19. The van der Waals surface area contributed by atoms with Crippen LogP contribution in [0.5, 0.6) is 0 Å². The Labute approximate surface area is 123 Å². The summed E-state index contributed by atoms with van der Waals surface area (Å²) in [5.41, 5.74) is 3.23. The van der Waals surface area contributed by atoms with E-state index in [4.69, 9.17) is 4.74 Å². The molecule has 0 N–H and O–H groups in total. The van der Waals surface area contributed by atoms with Gasteiger partial charge in [-0.15, -0.1) is 0 Å². The van der Waals surface area contributed by atoms with E-state index in [9.17, 15) is 9.18 Å². The molecule has 2 aromatic rings. The van der Waals surface area contributed by atoms with Crippen LogP contribution >= 0.6 is 0 Å². The second-order valence-corrected chi connectivity index (χ2v) is 5.35. The first kappa shape index (κ1) is 14.0. The van der Waals surface area contributed by atoms with Gasteiger partial charge in [-0.25, -0.2) is 4.39 Å². The van der Waals surface area contributed by atoms with E-state index in [0.717, 1.165) is 17.5 Å². The van der Waals surface area contributed by atoms with E-state index in [1.165, 1.54) is 17.7 Å². The zero-order chi connectivity index (χ0) is 14.7. The number of carbonyl (C=O) groups excluding carboxylic acids is 1. The van der Waals surface area contributed by atoms with Crippen molar-refractivity contribution in [2.24, 2.45) is 0 Å². The van der Waals surface area contributed by atoms with Crippen LogP contribution in [0.15, 0.2) is 48.5 Å². The molecule has 1 atom stereocenters. The van der Waals surface area contributed by atoms with E-state index in [1.54, 1.807) is 12.1 Å². The Kier molecular flexibility index (Phi) is 4.11. The number of ketones is 1. The summed E-state index contributed by atoms with van der Waals surface area (Å²) in [5.74, 6) is -0.168. The molecule has 0 aliphatic carbocycles. The van der Waals surface area contributed by atoms with Crippen LogP contribution in [0.25, 0.3) is 0 Å². The van der Waals surface area contributed by atoms with Crippen molar-refractivity contribution in [3.8, 4) is 0 Å². The van der Waals surface area contributed by atoms with Crippen LogP contribution in [0, 0.1) is 5.82 Å². The van der Waals surface area contributed by atoms with Crippen molar-refractivity contribution in [3.63, 3.8) is 0 Å². The number of Topliss-reactive ketones (excluding diaryl/α,β-unsaturated/α-hetero) is 1. The van der Waals surface area contributed by atoms with Crippen molar-refractivity contribution >= 4 is 5.78 Å². The summed E-state index contributed by atoms with van der Waals surface area (Å²) in [6.45, 7) is 0.658. The Morgan fingerprint density at radius 3 is 2.71 bits per heavy atom. The topological polar surface area (TPSA) is 26.3 Å². The van der Waals surface area contributed by atoms with Gasteiger partial charge in [0, 0.05) is 12.8 Å². The smallest absolute Gasteiger partial charge is 0.140 e. The molecule has 3 heteroatoms. The highest BCUT2D eigenvalue weighted by Crippen LogP contribution is 2.29. The average molecular weight is 284 g/mol. The maximum absolute atomic E-state index is 12.9. The lowest BCUT2D eigenvalue weighted by Crippen LogP contribution is -2.19. The van der Waals surface area contributed by atoms with E-state index in [2.05, 4.69) is 6.07 Å². The third-order valence-corrected chi connectivity index (χ3v) is 3.82. The molecule has 3 rings (SSSR count). The van der Waals surface area contributed by atoms with Crippen molar-refractivity contribution in [1.29, 1.82) is 0 Å². The maximum Gasteiger partial charge on any atom is 0.140 e. The van der Waals surface area contributed by atoms with Gasteiger partial charge in [0.2, 0.25) is 0 Å². The Hall–Kier alpha value is -2.00. The van der Waals surface area contributed by atoms with Crippen molar-refractivity contribution in [2.75, 3.05) is 6.61 Å². The molecule has 0 spiro atoms. The molecule has 1 aliphatic rings. The van der Waals surface area contributed by atoms with Crippen molar-refractivity contribution in [3.05, 3.63) is 71.0 Å². The van der Waals surface area contributed by atoms with Crippen LogP contribution in [0.4, 0.5) is 4.39 Å². The largest absolute Gasteiger partial charge is 0.373 e. The molecule has 0 saturated carbocycles. The lowest BCUT2D eigenvalue weighted by atomic mass is 9.93. The van der Waals surface area contributed by atoms with E-state index in [-0.39, 0.29) is 17.7 Å². The van der Waals surface area contributed by atoms with Gasteiger partial charge in [0.15, 0.2) is 0 Å². The molecule has 1 aliphatic heterocycles. The number of fused-ring (bicyclic) bond motifs is 1. The molecule has 0 amide bonds.